The molecule has 0 unspecified atom stereocenters. The van der Waals surface area contributed by atoms with Crippen molar-refractivity contribution in [1.29, 1.82) is 0 Å². The van der Waals surface area contributed by atoms with E-state index in [0.717, 1.165) is 0 Å². The number of esters is 1. The lowest BCUT2D eigenvalue weighted by molar-refractivity contribution is -0.384. The van der Waals surface area contributed by atoms with Gasteiger partial charge >= 0.3 is 5.97 Å². The molecular weight excluding hydrogens is 342 g/mol. The normalized spacial score (nSPS) is 11.7. The summed E-state index contributed by atoms with van der Waals surface area (Å²) in [4.78, 5) is 22.2. The molecule has 3 aromatic rings. The Balaban J connectivity index is 1.71. The Labute approximate surface area is 147 Å². The van der Waals surface area contributed by atoms with E-state index in [1.54, 1.807) is 6.92 Å². The zero-order valence-electron chi connectivity index (χ0n) is 13.5. The van der Waals surface area contributed by atoms with Crippen LogP contribution in [-0.2, 0) is 4.74 Å². The first-order chi connectivity index (χ1) is 12.4. The van der Waals surface area contributed by atoms with Crippen molar-refractivity contribution in [3.8, 4) is 17.2 Å². The van der Waals surface area contributed by atoms with E-state index in [4.69, 9.17) is 9.15 Å². The van der Waals surface area contributed by atoms with E-state index >= 15 is 0 Å². The number of nitro benzene ring substituents is 1. The van der Waals surface area contributed by atoms with Gasteiger partial charge in [-0.05, 0) is 43.3 Å². The van der Waals surface area contributed by atoms with Gasteiger partial charge in [-0.25, -0.2) is 4.79 Å². The van der Waals surface area contributed by atoms with Crippen LogP contribution in [0.4, 0.5) is 5.69 Å². The Kier molecular flexibility index (Phi) is 4.61. The van der Waals surface area contributed by atoms with Gasteiger partial charge in [0.2, 0.25) is 5.89 Å². The molecule has 1 atom stereocenters. The molecule has 9 heteroatoms. The first kappa shape index (κ1) is 17.1. The van der Waals surface area contributed by atoms with Gasteiger partial charge in [-0.15, -0.1) is 10.2 Å². The molecule has 0 saturated heterocycles. The number of aromatic hydroxyl groups is 1. The summed E-state index contributed by atoms with van der Waals surface area (Å²) in [5, 5.41) is 27.6. The van der Waals surface area contributed by atoms with Gasteiger partial charge in [-0.2, -0.15) is 0 Å². The number of aromatic nitrogens is 2. The minimum absolute atomic E-state index is 0.0410. The van der Waals surface area contributed by atoms with Crippen molar-refractivity contribution < 1.29 is 24.0 Å². The highest BCUT2D eigenvalue weighted by molar-refractivity contribution is 5.89. The number of hydrogen-bond donors (Lipinski definition) is 1. The van der Waals surface area contributed by atoms with Crippen molar-refractivity contribution in [1.82, 2.24) is 10.2 Å². The number of carbonyl (C=O) groups is 1. The molecule has 0 radical (unpaired) electrons. The fraction of sp³-hybridized carbons (Fsp3) is 0.118. The maximum atomic E-state index is 12.1. The molecule has 1 aromatic heterocycles. The van der Waals surface area contributed by atoms with Crippen LogP contribution in [-0.4, -0.2) is 26.2 Å². The van der Waals surface area contributed by atoms with Gasteiger partial charge in [0.1, 0.15) is 5.75 Å². The lowest BCUT2D eigenvalue weighted by Gasteiger charge is -2.09. The van der Waals surface area contributed by atoms with Crippen LogP contribution in [0.2, 0.25) is 0 Å². The van der Waals surface area contributed by atoms with Crippen LogP contribution in [0, 0.1) is 10.1 Å². The van der Waals surface area contributed by atoms with E-state index in [-0.39, 0.29) is 28.8 Å². The molecule has 9 nitrogen and oxygen atoms in total. The number of hydrogen-bond acceptors (Lipinski definition) is 8. The molecule has 0 aliphatic heterocycles. The molecule has 2 aromatic carbocycles. The number of phenolic OH excluding ortho intramolecular Hbond substituents is 1. The van der Waals surface area contributed by atoms with Crippen LogP contribution in [0.25, 0.3) is 11.5 Å². The molecule has 132 valence electrons. The Morgan fingerprint density at radius 2 is 1.81 bits per heavy atom. The van der Waals surface area contributed by atoms with Crippen molar-refractivity contribution in [2.75, 3.05) is 0 Å². The zero-order valence-corrected chi connectivity index (χ0v) is 13.5. The summed E-state index contributed by atoms with van der Waals surface area (Å²) in [6.45, 7) is 1.57. The highest BCUT2D eigenvalue weighted by Crippen LogP contribution is 2.25. The van der Waals surface area contributed by atoms with Crippen molar-refractivity contribution >= 4 is 11.7 Å². The summed E-state index contributed by atoms with van der Waals surface area (Å²) in [6.07, 6.45) is -0.796. The van der Waals surface area contributed by atoms with Crippen molar-refractivity contribution in [2.24, 2.45) is 0 Å². The van der Waals surface area contributed by atoms with E-state index in [1.807, 2.05) is 0 Å². The van der Waals surface area contributed by atoms with E-state index in [9.17, 15) is 20.0 Å². The zero-order chi connectivity index (χ0) is 18.7. The third kappa shape index (κ3) is 3.66. The molecular formula is C17H13N3O6. The Morgan fingerprint density at radius 3 is 2.42 bits per heavy atom. The number of phenols is 1. The van der Waals surface area contributed by atoms with E-state index in [1.165, 1.54) is 48.5 Å². The summed E-state index contributed by atoms with van der Waals surface area (Å²) in [5.74, 6) is -0.320. The number of ether oxygens (including phenoxy) is 1. The number of benzene rings is 2. The molecule has 0 aliphatic carbocycles. The maximum absolute atomic E-state index is 12.1. The number of nitrogens with zero attached hydrogens (tertiary/aromatic N) is 3. The molecule has 0 aliphatic rings. The van der Waals surface area contributed by atoms with Gasteiger partial charge in [0.15, 0.2) is 6.10 Å². The van der Waals surface area contributed by atoms with Gasteiger partial charge in [0.05, 0.1) is 10.5 Å². The minimum atomic E-state index is -0.796. The highest BCUT2D eigenvalue weighted by atomic mass is 16.6. The van der Waals surface area contributed by atoms with Crippen LogP contribution >= 0.6 is 0 Å². The van der Waals surface area contributed by atoms with Gasteiger partial charge in [-0.1, -0.05) is 0 Å². The SMILES string of the molecule is C[C@H](OC(=O)c1ccc(O)cc1)c1nnc(-c2ccc([N+](=O)[O-])cc2)o1. The van der Waals surface area contributed by atoms with Gasteiger partial charge in [-0.3, -0.25) is 10.1 Å². The topological polar surface area (TPSA) is 129 Å². The monoisotopic (exact) mass is 355 g/mol. The largest absolute Gasteiger partial charge is 0.508 e. The Bertz CT molecular complexity index is 934. The second kappa shape index (κ2) is 7.01. The number of nitro groups is 1. The average molecular weight is 355 g/mol. The van der Waals surface area contributed by atoms with Crippen molar-refractivity contribution in [3.05, 3.63) is 70.1 Å². The van der Waals surface area contributed by atoms with Crippen LogP contribution < -0.4 is 0 Å². The summed E-state index contributed by atoms with van der Waals surface area (Å²) in [5.41, 5.74) is 0.723. The molecule has 0 spiro atoms. The molecule has 1 heterocycles. The van der Waals surface area contributed by atoms with Crippen LogP contribution in [0.15, 0.2) is 52.9 Å². The smallest absolute Gasteiger partial charge is 0.338 e. The third-order valence-corrected chi connectivity index (χ3v) is 3.50. The van der Waals surface area contributed by atoms with Gasteiger partial charge in [0.25, 0.3) is 11.6 Å². The Hall–Kier alpha value is -3.75. The first-order valence-electron chi connectivity index (χ1n) is 7.52. The number of rotatable bonds is 5. The summed E-state index contributed by atoms with van der Waals surface area (Å²) < 4.78 is 10.7. The Morgan fingerprint density at radius 1 is 1.15 bits per heavy atom. The molecule has 26 heavy (non-hydrogen) atoms. The van der Waals surface area contributed by atoms with E-state index in [0.29, 0.717) is 5.56 Å². The number of non-ortho nitro benzene ring substituents is 1. The summed E-state index contributed by atoms with van der Waals surface area (Å²) >= 11 is 0. The molecule has 0 bridgehead atoms. The highest BCUT2D eigenvalue weighted by Gasteiger charge is 2.20. The van der Waals surface area contributed by atoms with Crippen molar-refractivity contribution in [3.63, 3.8) is 0 Å². The summed E-state index contributed by atoms with van der Waals surface area (Å²) in [6, 6.07) is 11.2. The molecule has 1 N–H and O–H groups in total. The molecule has 0 saturated carbocycles. The maximum Gasteiger partial charge on any atom is 0.338 e. The van der Waals surface area contributed by atoms with Crippen LogP contribution in [0.3, 0.4) is 0 Å². The van der Waals surface area contributed by atoms with E-state index < -0.39 is 17.0 Å². The van der Waals surface area contributed by atoms with Gasteiger partial charge in [0, 0.05) is 17.7 Å². The van der Waals surface area contributed by atoms with Crippen LogP contribution in [0.5, 0.6) is 5.75 Å². The van der Waals surface area contributed by atoms with Crippen LogP contribution in [0.1, 0.15) is 29.3 Å². The molecule has 0 fully saturated rings. The second-order valence-electron chi connectivity index (χ2n) is 5.34. The predicted octanol–water partition coefficient (Wildman–Crippen LogP) is 3.27. The predicted molar refractivity (Wildman–Crippen MR) is 88.3 cm³/mol. The van der Waals surface area contributed by atoms with Gasteiger partial charge < -0.3 is 14.3 Å². The molecule has 0 amide bonds. The van der Waals surface area contributed by atoms with Crippen molar-refractivity contribution in [2.45, 2.75) is 13.0 Å². The summed E-state index contributed by atoms with van der Waals surface area (Å²) in [7, 11) is 0. The lowest BCUT2D eigenvalue weighted by Crippen LogP contribution is -2.09. The first-order valence-corrected chi connectivity index (χ1v) is 7.52. The van der Waals surface area contributed by atoms with E-state index in [2.05, 4.69) is 10.2 Å². The fourth-order valence-electron chi connectivity index (χ4n) is 2.12. The minimum Gasteiger partial charge on any atom is -0.508 e. The third-order valence-electron chi connectivity index (χ3n) is 3.50. The fourth-order valence-corrected chi connectivity index (χ4v) is 2.12. The molecule has 3 rings (SSSR count). The lowest BCUT2D eigenvalue weighted by atomic mass is 10.2. The average Bonchev–Trinajstić information content (AvgIpc) is 3.12. The standard InChI is InChI=1S/C17H13N3O6/c1-10(25-17(22)12-4-8-14(21)9-5-12)15-18-19-16(26-15)11-2-6-13(7-3-11)20(23)24/h2-10,21H,1H3/t10-/m0/s1. The second-order valence-corrected chi connectivity index (χ2v) is 5.34. The number of carbonyl (C=O) groups excluding carboxylic acids is 1. The quantitative estimate of drug-likeness (QED) is 0.419.